The van der Waals surface area contributed by atoms with Gasteiger partial charge in [0.1, 0.15) is 5.82 Å². The van der Waals surface area contributed by atoms with Crippen molar-refractivity contribution in [3.05, 3.63) is 12.3 Å². The maximum Gasteiger partial charge on any atom is 0.148 e. The van der Waals surface area contributed by atoms with Crippen LogP contribution in [0.15, 0.2) is 12.3 Å². The SMILES string of the molecule is COCCNCCNc1ccn(C)n1. The Morgan fingerprint density at radius 2 is 2.29 bits per heavy atom. The first-order valence-electron chi connectivity index (χ1n) is 4.76. The highest BCUT2D eigenvalue weighted by atomic mass is 16.5. The molecule has 80 valence electrons. The van der Waals surface area contributed by atoms with Crippen LogP contribution in [-0.2, 0) is 11.8 Å². The fourth-order valence-corrected chi connectivity index (χ4v) is 1.09. The molecule has 1 aromatic rings. The van der Waals surface area contributed by atoms with Crippen molar-refractivity contribution in [1.29, 1.82) is 0 Å². The fourth-order valence-electron chi connectivity index (χ4n) is 1.09. The zero-order valence-electron chi connectivity index (χ0n) is 8.79. The average Bonchev–Trinajstić information content (AvgIpc) is 2.58. The van der Waals surface area contributed by atoms with Crippen molar-refractivity contribution in [1.82, 2.24) is 15.1 Å². The van der Waals surface area contributed by atoms with E-state index in [1.165, 1.54) is 0 Å². The molecule has 0 fully saturated rings. The van der Waals surface area contributed by atoms with E-state index in [0.717, 1.165) is 32.1 Å². The van der Waals surface area contributed by atoms with Gasteiger partial charge < -0.3 is 15.4 Å². The van der Waals surface area contributed by atoms with Crippen molar-refractivity contribution in [3.63, 3.8) is 0 Å². The molecule has 0 aliphatic rings. The fraction of sp³-hybridized carbons (Fsp3) is 0.667. The molecule has 0 spiro atoms. The van der Waals surface area contributed by atoms with Gasteiger partial charge in [-0.15, -0.1) is 0 Å². The maximum atomic E-state index is 4.91. The lowest BCUT2D eigenvalue weighted by molar-refractivity contribution is 0.200. The average molecular weight is 198 g/mol. The zero-order chi connectivity index (χ0) is 10.2. The number of ether oxygens (including phenoxy) is 1. The molecule has 1 aromatic heterocycles. The van der Waals surface area contributed by atoms with Gasteiger partial charge in [0.15, 0.2) is 0 Å². The van der Waals surface area contributed by atoms with Crippen molar-refractivity contribution in [2.45, 2.75) is 0 Å². The predicted octanol–water partition coefficient (Wildman–Crippen LogP) is 0.0680. The topological polar surface area (TPSA) is 51.1 Å². The minimum Gasteiger partial charge on any atom is -0.383 e. The van der Waals surface area contributed by atoms with Gasteiger partial charge in [0, 0.05) is 46.1 Å². The summed E-state index contributed by atoms with van der Waals surface area (Å²) in [6, 6.07) is 1.95. The van der Waals surface area contributed by atoms with E-state index in [4.69, 9.17) is 4.74 Å². The van der Waals surface area contributed by atoms with Crippen LogP contribution in [0.3, 0.4) is 0 Å². The van der Waals surface area contributed by atoms with E-state index in [1.807, 2.05) is 19.3 Å². The minimum atomic E-state index is 0.754. The number of anilines is 1. The summed E-state index contributed by atoms with van der Waals surface area (Å²) in [6.45, 7) is 3.44. The van der Waals surface area contributed by atoms with Crippen molar-refractivity contribution in [2.75, 3.05) is 38.7 Å². The number of methoxy groups -OCH3 is 1. The minimum absolute atomic E-state index is 0.754. The summed E-state index contributed by atoms with van der Waals surface area (Å²) in [4.78, 5) is 0. The molecule has 0 aliphatic heterocycles. The number of nitrogens with one attached hydrogen (secondary N) is 2. The van der Waals surface area contributed by atoms with Crippen molar-refractivity contribution in [2.24, 2.45) is 7.05 Å². The second-order valence-corrected chi connectivity index (χ2v) is 3.04. The van der Waals surface area contributed by atoms with E-state index >= 15 is 0 Å². The Morgan fingerprint density at radius 3 is 2.93 bits per heavy atom. The zero-order valence-corrected chi connectivity index (χ0v) is 8.79. The summed E-state index contributed by atoms with van der Waals surface area (Å²) < 4.78 is 6.69. The molecule has 5 nitrogen and oxygen atoms in total. The van der Waals surface area contributed by atoms with Crippen molar-refractivity contribution >= 4 is 5.82 Å². The number of aromatic nitrogens is 2. The molecular formula is C9H18N4O. The molecule has 1 rings (SSSR count). The molecule has 2 N–H and O–H groups in total. The quantitative estimate of drug-likeness (QED) is 0.609. The van der Waals surface area contributed by atoms with Crippen LogP contribution in [0.1, 0.15) is 0 Å². The molecule has 0 radical (unpaired) electrons. The van der Waals surface area contributed by atoms with Gasteiger partial charge in [-0.3, -0.25) is 4.68 Å². The van der Waals surface area contributed by atoms with E-state index in [-0.39, 0.29) is 0 Å². The van der Waals surface area contributed by atoms with Crippen LogP contribution in [0.5, 0.6) is 0 Å². The van der Waals surface area contributed by atoms with Crippen LogP contribution in [0.25, 0.3) is 0 Å². The van der Waals surface area contributed by atoms with Gasteiger partial charge in [0.25, 0.3) is 0 Å². The van der Waals surface area contributed by atoms with Crippen LogP contribution in [0.4, 0.5) is 5.82 Å². The highest BCUT2D eigenvalue weighted by Crippen LogP contribution is 1.98. The Morgan fingerprint density at radius 1 is 1.43 bits per heavy atom. The lowest BCUT2D eigenvalue weighted by Crippen LogP contribution is -2.25. The van der Waals surface area contributed by atoms with Gasteiger partial charge in [-0.2, -0.15) is 5.10 Å². The Kier molecular flexibility index (Phi) is 5.03. The molecule has 0 unspecified atom stereocenters. The third-order valence-corrected chi connectivity index (χ3v) is 1.80. The first kappa shape index (κ1) is 11.0. The number of aryl methyl sites for hydroxylation is 1. The molecule has 0 amide bonds. The van der Waals surface area contributed by atoms with Crippen molar-refractivity contribution in [3.8, 4) is 0 Å². The van der Waals surface area contributed by atoms with Crippen LogP contribution in [0.2, 0.25) is 0 Å². The normalized spacial score (nSPS) is 10.4. The van der Waals surface area contributed by atoms with Gasteiger partial charge in [0.2, 0.25) is 0 Å². The van der Waals surface area contributed by atoms with Gasteiger partial charge in [-0.05, 0) is 0 Å². The maximum absolute atomic E-state index is 4.91. The monoisotopic (exact) mass is 198 g/mol. The van der Waals surface area contributed by atoms with Gasteiger partial charge >= 0.3 is 0 Å². The second-order valence-electron chi connectivity index (χ2n) is 3.04. The van der Waals surface area contributed by atoms with Crippen LogP contribution in [-0.4, -0.2) is 43.1 Å². The van der Waals surface area contributed by atoms with Gasteiger partial charge in [0.05, 0.1) is 6.61 Å². The van der Waals surface area contributed by atoms with E-state index in [0.29, 0.717) is 0 Å². The first-order valence-corrected chi connectivity index (χ1v) is 4.76. The van der Waals surface area contributed by atoms with E-state index in [9.17, 15) is 0 Å². The molecule has 0 bridgehead atoms. The lowest BCUT2D eigenvalue weighted by Gasteiger charge is -2.04. The molecule has 5 heteroatoms. The van der Waals surface area contributed by atoms with E-state index in [1.54, 1.807) is 11.8 Å². The third-order valence-electron chi connectivity index (χ3n) is 1.80. The van der Waals surface area contributed by atoms with Crippen LogP contribution in [0, 0.1) is 0 Å². The third kappa shape index (κ3) is 4.25. The van der Waals surface area contributed by atoms with Crippen molar-refractivity contribution < 1.29 is 4.74 Å². The van der Waals surface area contributed by atoms with Gasteiger partial charge in [-0.1, -0.05) is 0 Å². The smallest absolute Gasteiger partial charge is 0.148 e. The highest BCUT2D eigenvalue weighted by Gasteiger charge is 1.93. The molecular weight excluding hydrogens is 180 g/mol. The summed E-state index contributed by atoms with van der Waals surface area (Å²) in [7, 11) is 3.61. The Hall–Kier alpha value is -1.07. The Labute approximate surface area is 84.4 Å². The summed E-state index contributed by atoms with van der Waals surface area (Å²) in [5.74, 6) is 0.918. The molecule has 0 saturated carbocycles. The largest absolute Gasteiger partial charge is 0.383 e. The molecule has 1 heterocycles. The molecule has 0 atom stereocenters. The summed E-state index contributed by atoms with van der Waals surface area (Å²) in [5, 5.41) is 10.6. The van der Waals surface area contributed by atoms with E-state index in [2.05, 4.69) is 15.7 Å². The lowest BCUT2D eigenvalue weighted by atomic mass is 10.5. The summed E-state index contributed by atoms with van der Waals surface area (Å²) in [6.07, 6.45) is 1.92. The Bertz CT molecular complexity index is 249. The highest BCUT2D eigenvalue weighted by molar-refractivity contribution is 5.31. The molecule has 0 aromatic carbocycles. The second kappa shape index (κ2) is 6.39. The van der Waals surface area contributed by atoms with Crippen LogP contribution < -0.4 is 10.6 Å². The summed E-state index contributed by atoms with van der Waals surface area (Å²) in [5.41, 5.74) is 0. The van der Waals surface area contributed by atoms with Gasteiger partial charge in [-0.25, -0.2) is 0 Å². The number of nitrogens with zero attached hydrogens (tertiary/aromatic N) is 2. The first-order chi connectivity index (χ1) is 6.83. The van der Waals surface area contributed by atoms with E-state index < -0.39 is 0 Å². The summed E-state index contributed by atoms with van der Waals surface area (Å²) >= 11 is 0. The van der Waals surface area contributed by atoms with Crippen LogP contribution >= 0.6 is 0 Å². The standard InChI is InChI=1S/C9H18N4O/c1-13-7-3-9(12-13)11-5-4-10-6-8-14-2/h3,7,10H,4-6,8H2,1-2H3,(H,11,12). The molecule has 0 aliphatic carbocycles. The number of hydrogen-bond acceptors (Lipinski definition) is 4. The Balaban J connectivity index is 1.99. The molecule has 14 heavy (non-hydrogen) atoms. The number of rotatable bonds is 7. The number of hydrogen-bond donors (Lipinski definition) is 2. The predicted molar refractivity (Wildman–Crippen MR) is 56.4 cm³/mol. The molecule has 0 saturated heterocycles.